The summed E-state index contributed by atoms with van der Waals surface area (Å²) in [7, 11) is 0. The lowest BCUT2D eigenvalue weighted by molar-refractivity contribution is 0.0504. The topological polar surface area (TPSA) is 190 Å². The van der Waals surface area contributed by atoms with Gasteiger partial charge in [0.05, 0.1) is 56.7 Å². The summed E-state index contributed by atoms with van der Waals surface area (Å²) in [6, 6.07) is 19.6. The van der Waals surface area contributed by atoms with Crippen molar-refractivity contribution in [2.75, 3.05) is 6.61 Å². The molecule has 14 heteroatoms. The summed E-state index contributed by atoms with van der Waals surface area (Å²) < 4.78 is 14.0. The lowest BCUT2D eigenvalue weighted by Crippen LogP contribution is -2.25. The summed E-state index contributed by atoms with van der Waals surface area (Å²) in [5.41, 5.74) is 0.957. The molecule has 0 saturated carbocycles. The van der Waals surface area contributed by atoms with Crippen LogP contribution >= 0.6 is 11.6 Å². The molecule has 51 heavy (non-hydrogen) atoms. The number of carbonyl (C=O) groups is 3. The number of H-pyrrole nitrogens is 2. The van der Waals surface area contributed by atoms with Crippen molar-refractivity contribution >= 4 is 29.5 Å². The van der Waals surface area contributed by atoms with E-state index in [1.165, 1.54) is 51.8 Å². The first-order valence-corrected chi connectivity index (χ1v) is 16.1. The van der Waals surface area contributed by atoms with Crippen molar-refractivity contribution in [2.24, 2.45) is 0 Å². The van der Waals surface area contributed by atoms with Crippen LogP contribution in [0.25, 0.3) is 22.7 Å². The quantitative estimate of drug-likeness (QED) is 0.112. The smallest absolute Gasteiger partial charge is 0.339 e. The van der Waals surface area contributed by atoms with Crippen molar-refractivity contribution < 1.29 is 33.8 Å². The third-order valence-electron chi connectivity index (χ3n) is 8.33. The van der Waals surface area contributed by atoms with Crippen LogP contribution in [0.2, 0.25) is 5.02 Å². The van der Waals surface area contributed by atoms with Crippen LogP contribution in [0.15, 0.2) is 92.9 Å². The van der Waals surface area contributed by atoms with Gasteiger partial charge < -0.3 is 19.4 Å². The van der Waals surface area contributed by atoms with Crippen molar-refractivity contribution in [1.29, 1.82) is 0 Å². The number of rotatable bonds is 11. The zero-order valence-electron chi connectivity index (χ0n) is 27.5. The Hall–Kier alpha value is -6.34. The summed E-state index contributed by atoms with van der Waals surface area (Å²) in [6.07, 6.45) is 0.627. The molecule has 0 unspecified atom stereocenters. The van der Waals surface area contributed by atoms with E-state index in [4.69, 9.17) is 20.8 Å². The average molecular weight is 711 g/mol. The number of furan rings is 1. The van der Waals surface area contributed by atoms with E-state index in [0.29, 0.717) is 29.1 Å². The van der Waals surface area contributed by atoms with Crippen LogP contribution in [0.5, 0.6) is 0 Å². The van der Waals surface area contributed by atoms with Gasteiger partial charge in [-0.05, 0) is 87.0 Å². The molecule has 6 rings (SSSR count). The molecule has 3 aromatic heterocycles. The summed E-state index contributed by atoms with van der Waals surface area (Å²) in [5, 5.41) is 25.3. The fraction of sp³-hybridized carbons (Fsp3) is 0.162. The predicted octanol–water partition coefficient (Wildman–Crippen LogP) is 6.32. The number of halogens is 1. The minimum absolute atomic E-state index is 0.0331. The van der Waals surface area contributed by atoms with Gasteiger partial charge in [0.2, 0.25) is 0 Å². The molecule has 0 bridgehead atoms. The highest BCUT2D eigenvalue weighted by Gasteiger charge is 2.33. The van der Waals surface area contributed by atoms with Gasteiger partial charge >= 0.3 is 17.9 Å². The number of hydrogen-bond acceptors (Lipinski definition) is 7. The van der Waals surface area contributed by atoms with E-state index in [-0.39, 0.29) is 56.6 Å². The van der Waals surface area contributed by atoms with Gasteiger partial charge in [0.15, 0.2) is 0 Å². The first-order chi connectivity index (χ1) is 24.4. The van der Waals surface area contributed by atoms with Gasteiger partial charge in [-0.2, -0.15) is 0 Å². The van der Waals surface area contributed by atoms with Gasteiger partial charge in [-0.25, -0.2) is 23.7 Å². The number of aryl methyl sites for hydroxylation is 2. The molecule has 0 aliphatic heterocycles. The van der Waals surface area contributed by atoms with E-state index in [9.17, 15) is 34.2 Å². The number of hydrogen-bond donors (Lipinski definition) is 4. The minimum atomic E-state index is -1.17. The van der Waals surface area contributed by atoms with Crippen molar-refractivity contribution in [3.63, 3.8) is 0 Å². The molecule has 0 spiro atoms. The molecule has 0 aliphatic rings. The molecule has 0 amide bonds. The molecule has 3 heterocycles. The number of carboxylic acid groups (broad SMARTS) is 2. The second-order valence-corrected chi connectivity index (χ2v) is 12.2. The highest BCUT2D eigenvalue weighted by Crippen LogP contribution is 2.36. The van der Waals surface area contributed by atoms with Crippen molar-refractivity contribution in [3.8, 4) is 22.7 Å². The number of carboxylic acids is 2. The van der Waals surface area contributed by atoms with Crippen LogP contribution in [0.3, 0.4) is 0 Å². The van der Waals surface area contributed by atoms with E-state index >= 15 is 0 Å². The molecule has 260 valence electrons. The number of nitrogens with one attached hydrogen (secondary N) is 2. The Bertz CT molecular complexity index is 2330. The number of aromatic carboxylic acids is 2. The van der Waals surface area contributed by atoms with E-state index in [1.807, 2.05) is 6.92 Å². The molecule has 13 nitrogen and oxygen atoms in total. The molecule has 6 aromatic rings. The molecule has 3 aromatic carbocycles. The monoisotopic (exact) mass is 710 g/mol. The number of nitrogens with zero attached hydrogens (tertiary/aromatic N) is 2. The molecule has 4 N–H and O–H groups in total. The zero-order chi connectivity index (χ0) is 36.6. The fourth-order valence-corrected chi connectivity index (χ4v) is 6.11. The molecular formula is C37H31ClN4O9. The number of aromatic amines is 2. The molecule has 0 saturated heterocycles. The summed E-state index contributed by atoms with van der Waals surface area (Å²) in [6.45, 7) is 5.38. The summed E-state index contributed by atoms with van der Waals surface area (Å²) >= 11 is 6.33. The van der Waals surface area contributed by atoms with Gasteiger partial charge in [-0.15, -0.1) is 0 Å². The highest BCUT2D eigenvalue weighted by atomic mass is 35.5. The summed E-state index contributed by atoms with van der Waals surface area (Å²) in [4.78, 5) is 64.7. The minimum Gasteiger partial charge on any atom is -0.478 e. The second kappa shape index (κ2) is 13.9. The largest absolute Gasteiger partial charge is 0.478 e. The first kappa shape index (κ1) is 34.5. The third-order valence-corrected chi connectivity index (χ3v) is 8.66. The zero-order valence-corrected chi connectivity index (χ0v) is 28.3. The highest BCUT2D eigenvalue weighted by molar-refractivity contribution is 6.33. The molecule has 0 aliphatic carbocycles. The maximum atomic E-state index is 14.3. The van der Waals surface area contributed by atoms with Gasteiger partial charge in [-0.3, -0.25) is 19.8 Å². The lowest BCUT2D eigenvalue weighted by atomic mass is 9.89. The number of carbonyl (C=O) groups excluding carboxylic acids is 1. The van der Waals surface area contributed by atoms with Crippen molar-refractivity contribution in [2.45, 2.75) is 33.1 Å². The number of esters is 1. The maximum Gasteiger partial charge on any atom is 0.339 e. The number of ether oxygens (including phenoxy) is 1. The maximum absolute atomic E-state index is 14.3. The normalized spacial score (nSPS) is 11.2. The van der Waals surface area contributed by atoms with Gasteiger partial charge in [0.25, 0.3) is 11.1 Å². The number of aromatic nitrogens is 4. The lowest BCUT2D eigenvalue weighted by Gasteiger charge is -2.13. The standard InChI is InChI=1S/C37H31ClN4O9/c1-4-15-50-37(49)26-18-21(11-12-27(26)38)28-13-14-29(51-28)32(30-19(2)39-41(33(30)43)24-9-5-7-22(16-24)35(45)46)31-20(3)40-42(34(31)44)25-10-6-8-23(17-25)36(47)48/h5-14,16-18,32,39-40H,4,15H2,1-3H3,(H,45,46)(H,47,48). The van der Waals surface area contributed by atoms with Crippen LogP contribution in [-0.2, 0) is 4.74 Å². The Morgan fingerprint density at radius 1 is 0.804 bits per heavy atom. The molecule has 0 fully saturated rings. The van der Waals surface area contributed by atoms with E-state index < -0.39 is 34.9 Å². The van der Waals surface area contributed by atoms with Crippen molar-refractivity contribution in [1.82, 2.24) is 19.6 Å². The van der Waals surface area contributed by atoms with E-state index in [2.05, 4.69) is 10.2 Å². The van der Waals surface area contributed by atoms with E-state index in [0.717, 1.165) is 0 Å². The Morgan fingerprint density at radius 2 is 1.35 bits per heavy atom. The number of benzene rings is 3. The Labute approximate surface area is 294 Å². The van der Waals surface area contributed by atoms with Gasteiger partial charge in [0, 0.05) is 17.0 Å². The van der Waals surface area contributed by atoms with E-state index in [1.54, 1.807) is 50.2 Å². The van der Waals surface area contributed by atoms with Gasteiger partial charge in [-0.1, -0.05) is 30.7 Å². The van der Waals surface area contributed by atoms with Crippen LogP contribution in [-0.4, -0.2) is 54.3 Å². The van der Waals surface area contributed by atoms with Crippen LogP contribution in [0.4, 0.5) is 0 Å². The Morgan fingerprint density at radius 3 is 1.86 bits per heavy atom. The fourth-order valence-electron chi connectivity index (χ4n) is 5.92. The third kappa shape index (κ3) is 6.54. The Kier molecular flexibility index (Phi) is 9.39. The first-order valence-electron chi connectivity index (χ1n) is 15.8. The van der Waals surface area contributed by atoms with Crippen molar-refractivity contribution in [3.05, 3.63) is 150 Å². The predicted molar refractivity (Wildman–Crippen MR) is 187 cm³/mol. The van der Waals surface area contributed by atoms with Crippen LogP contribution in [0.1, 0.15) is 78.6 Å². The molecule has 0 radical (unpaired) electrons. The summed E-state index contributed by atoms with van der Waals surface area (Å²) in [5.74, 6) is -3.55. The van der Waals surface area contributed by atoms with Gasteiger partial charge in [0.1, 0.15) is 11.5 Å². The molecule has 0 atom stereocenters. The second-order valence-electron chi connectivity index (χ2n) is 11.8. The molecular weight excluding hydrogens is 680 g/mol. The Balaban J connectivity index is 1.54. The SMILES string of the molecule is CCCOC(=O)c1cc(-c2ccc(C(c3c(C)[nH]n(-c4cccc(C(=O)O)c4)c3=O)c3c(C)[nH]n(-c4cccc(C(=O)O)c4)c3=O)o2)ccc1Cl. The average Bonchev–Trinajstić information content (AvgIpc) is 3.80. The van der Waals surface area contributed by atoms with Crippen LogP contribution < -0.4 is 11.1 Å². The van der Waals surface area contributed by atoms with Crippen LogP contribution in [0, 0.1) is 13.8 Å².